The van der Waals surface area contributed by atoms with Crippen molar-refractivity contribution in [3.63, 3.8) is 0 Å². The molecular formula is C24H33Cl2FN4. The molecule has 1 fully saturated rings. The highest BCUT2D eigenvalue weighted by Gasteiger charge is 2.16. The molecule has 0 saturated carbocycles. The predicted molar refractivity (Wildman–Crippen MR) is 128 cm³/mol. The summed E-state index contributed by atoms with van der Waals surface area (Å²) in [5.74, 6) is -0.203. The van der Waals surface area contributed by atoms with Crippen LogP contribution < -0.4 is 5.73 Å². The van der Waals surface area contributed by atoms with Gasteiger partial charge in [-0.1, -0.05) is 41.4 Å². The van der Waals surface area contributed by atoms with Crippen LogP contribution in [0.1, 0.15) is 24.0 Å². The average Bonchev–Trinajstić information content (AvgIpc) is 2.77. The maximum absolute atomic E-state index is 13.3. The van der Waals surface area contributed by atoms with E-state index >= 15 is 0 Å². The number of nitrogens with zero attached hydrogens (tertiary/aromatic N) is 3. The summed E-state index contributed by atoms with van der Waals surface area (Å²) in [6, 6.07) is 12.6. The van der Waals surface area contributed by atoms with E-state index in [1.165, 1.54) is 12.1 Å². The van der Waals surface area contributed by atoms with Crippen LogP contribution in [0.25, 0.3) is 0 Å². The van der Waals surface area contributed by atoms with Gasteiger partial charge in [-0.05, 0) is 67.9 Å². The Hall–Kier alpha value is -1.21. The highest BCUT2D eigenvalue weighted by Crippen LogP contribution is 2.23. The standard InChI is InChI=1S/C24H33Cl2FN4/c25-23-8-5-21(17-24(23)26)19-31(18-20-3-6-22(27)7-4-20)12-2-11-30-15-13-29(14-16-30)10-1-9-28/h3-8,17H,1-2,9-16,18-19,28H2. The molecule has 1 aliphatic rings. The Bertz CT molecular complexity index is 795. The first-order valence-electron chi connectivity index (χ1n) is 11.1. The minimum Gasteiger partial charge on any atom is -0.330 e. The highest BCUT2D eigenvalue weighted by molar-refractivity contribution is 6.42. The molecule has 0 aromatic heterocycles. The van der Waals surface area contributed by atoms with Gasteiger partial charge in [-0.3, -0.25) is 4.90 Å². The molecule has 3 rings (SSSR count). The SMILES string of the molecule is NCCCN1CCN(CCCN(Cc2ccc(F)cc2)Cc2ccc(Cl)c(Cl)c2)CC1. The van der Waals surface area contributed by atoms with E-state index < -0.39 is 0 Å². The molecule has 170 valence electrons. The number of hydrogen-bond donors (Lipinski definition) is 1. The van der Waals surface area contributed by atoms with Gasteiger partial charge in [-0.25, -0.2) is 4.39 Å². The summed E-state index contributed by atoms with van der Waals surface area (Å²) in [5, 5.41) is 1.15. The van der Waals surface area contributed by atoms with Gasteiger partial charge < -0.3 is 15.5 Å². The zero-order chi connectivity index (χ0) is 22.1. The normalized spacial score (nSPS) is 15.6. The van der Waals surface area contributed by atoms with E-state index in [9.17, 15) is 4.39 Å². The third-order valence-corrected chi connectivity index (χ3v) is 6.54. The molecule has 4 nitrogen and oxygen atoms in total. The Kier molecular flexibility index (Phi) is 10.0. The molecule has 2 aromatic rings. The van der Waals surface area contributed by atoms with E-state index in [1.807, 2.05) is 30.3 Å². The molecular weight excluding hydrogens is 434 g/mol. The Morgan fingerprint density at radius 2 is 1.39 bits per heavy atom. The molecule has 0 atom stereocenters. The average molecular weight is 467 g/mol. The summed E-state index contributed by atoms with van der Waals surface area (Å²) in [6.07, 6.45) is 2.17. The first-order chi connectivity index (χ1) is 15.0. The molecule has 2 N–H and O–H groups in total. The van der Waals surface area contributed by atoms with E-state index in [0.717, 1.165) is 89.4 Å². The Morgan fingerprint density at radius 3 is 2.00 bits per heavy atom. The lowest BCUT2D eigenvalue weighted by Crippen LogP contribution is -2.47. The van der Waals surface area contributed by atoms with Crippen LogP contribution in [0, 0.1) is 5.82 Å². The number of rotatable bonds is 11. The van der Waals surface area contributed by atoms with E-state index in [0.29, 0.717) is 10.0 Å². The van der Waals surface area contributed by atoms with Gasteiger partial charge in [0.2, 0.25) is 0 Å². The van der Waals surface area contributed by atoms with E-state index in [-0.39, 0.29) is 5.82 Å². The Morgan fingerprint density at radius 1 is 0.806 bits per heavy atom. The van der Waals surface area contributed by atoms with E-state index in [2.05, 4.69) is 14.7 Å². The molecule has 0 radical (unpaired) electrons. The van der Waals surface area contributed by atoms with Crippen molar-refractivity contribution in [1.82, 2.24) is 14.7 Å². The number of piperazine rings is 1. The summed E-state index contributed by atoms with van der Waals surface area (Å²) in [4.78, 5) is 7.45. The second-order valence-corrected chi connectivity index (χ2v) is 9.08. The largest absolute Gasteiger partial charge is 0.330 e. The fourth-order valence-corrected chi connectivity index (χ4v) is 4.35. The number of halogens is 3. The van der Waals surface area contributed by atoms with Crippen LogP contribution in [0.2, 0.25) is 10.0 Å². The number of nitrogens with two attached hydrogens (primary N) is 1. The molecule has 1 aliphatic heterocycles. The topological polar surface area (TPSA) is 35.7 Å². The zero-order valence-corrected chi connectivity index (χ0v) is 19.6. The lowest BCUT2D eigenvalue weighted by molar-refractivity contribution is 0.125. The molecule has 0 amide bonds. The maximum Gasteiger partial charge on any atom is 0.123 e. The molecule has 0 bridgehead atoms. The fourth-order valence-electron chi connectivity index (χ4n) is 4.03. The molecule has 31 heavy (non-hydrogen) atoms. The van der Waals surface area contributed by atoms with Crippen molar-refractivity contribution in [2.75, 3.05) is 52.4 Å². The Balaban J connectivity index is 1.52. The van der Waals surface area contributed by atoms with Gasteiger partial charge in [-0.15, -0.1) is 0 Å². The van der Waals surface area contributed by atoms with Crippen LogP contribution in [0.4, 0.5) is 4.39 Å². The van der Waals surface area contributed by atoms with E-state index in [4.69, 9.17) is 28.9 Å². The van der Waals surface area contributed by atoms with Crippen molar-refractivity contribution in [2.45, 2.75) is 25.9 Å². The molecule has 7 heteroatoms. The molecule has 0 unspecified atom stereocenters. The van der Waals surface area contributed by atoms with Gasteiger partial charge in [0.05, 0.1) is 10.0 Å². The maximum atomic E-state index is 13.3. The van der Waals surface area contributed by atoms with Crippen molar-refractivity contribution in [2.24, 2.45) is 5.73 Å². The summed E-state index contributed by atoms with van der Waals surface area (Å²) in [5.41, 5.74) is 7.86. The van der Waals surface area contributed by atoms with Crippen LogP contribution in [0.3, 0.4) is 0 Å². The van der Waals surface area contributed by atoms with Gasteiger partial charge in [0.1, 0.15) is 5.82 Å². The van der Waals surface area contributed by atoms with Crippen molar-refractivity contribution >= 4 is 23.2 Å². The lowest BCUT2D eigenvalue weighted by atomic mass is 10.1. The van der Waals surface area contributed by atoms with Gasteiger partial charge in [-0.2, -0.15) is 0 Å². The van der Waals surface area contributed by atoms with Gasteiger partial charge >= 0.3 is 0 Å². The van der Waals surface area contributed by atoms with Gasteiger partial charge in [0.25, 0.3) is 0 Å². The summed E-state index contributed by atoms with van der Waals surface area (Å²) >= 11 is 12.3. The van der Waals surface area contributed by atoms with Crippen LogP contribution in [-0.4, -0.2) is 67.1 Å². The fraction of sp³-hybridized carbons (Fsp3) is 0.500. The third kappa shape index (κ3) is 8.33. The first kappa shape index (κ1) is 24.4. The number of hydrogen-bond acceptors (Lipinski definition) is 4. The second kappa shape index (κ2) is 12.7. The molecule has 1 saturated heterocycles. The molecule has 1 heterocycles. The van der Waals surface area contributed by atoms with Crippen LogP contribution >= 0.6 is 23.2 Å². The third-order valence-electron chi connectivity index (χ3n) is 5.80. The molecule has 2 aromatic carbocycles. The number of benzene rings is 2. The van der Waals surface area contributed by atoms with Gasteiger partial charge in [0.15, 0.2) is 0 Å². The van der Waals surface area contributed by atoms with Crippen molar-refractivity contribution < 1.29 is 4.39 Å². The van der Waals surface area contributed by atoms with Crippen LogP contribution in [-0.2, 0) is 13.1 Å². The minimum absolute atomic E-state index is 0.203. The molecule has 0 spiro atoms. The zero-order valence-electron chi connectivity index (χ0n) is 18.1. The highest BCUT2D eigenvalue weighted by atomic mass is 35.5. The summed E-state index contributed by atoms with van der Waals surface area (Å²) < 4.78 is 13.3. The van der Waals surface area contributed by atoms with Crippen molar-refractivity contribution in [3.8, 4) is 0 Å². The second-order valence-electron chi connectivity index (χ2n) is 8.26. The first-order valence-corrected chi connectivity index (χ1v) is 11.8. The van der Waals surface area contributed by atoms with Crippen molar-refractivity contribution in [3.05, 3.63) is 69.5 Å². The monoisotopic (exact) mass is 466 g/mol. The summed E-state index contributed by atoms with van der Waals surface area (Å²) in [7, 11) is 0. The van der Waals surface area contributed by atoms with E-state index in [1.54, 1.807) is 0 Å². The van der Waals surface area contributed by atoms with Crippen LogP contribution in [0.5, 0.6) is 0 Å². The predicted octanol–water partition coefficient (Wildman–Crippen LogP) is 4.49. The Labute approximate surface area is 195 Å². The lowest BCUT2D eigenvalue weighted by Gasteiger charge is -2.35. The van der Waals surface area contributed by atoms with Crippen LogP contribution in [0.15, 0.2) is 42.5 Å². The van der Waals surface area contributed by atoms with Crippen molar-refractivity contribution in [1.29, 1.82) is 0 Å². The smallest absolute Gasteiger partial charge is 0.123 e. The minimum atomic E-state index is -0.203. The van der Waals surface area contributed by atoms with Gasteiger partial charge in [0, 0.05) is 45.8 Å². The molecule has 0 aliphatic carbocycles. The quantitative estimate of drug-likeness (QED) is 0.528. The summed E-state index contributed by atoms with van der Waals surface area (Å²) in [6.45, 7) is 9.98.